The van der Waals surface area contributed by atoms with Gasteiger partial charge in [-0.1, -0.05) is 373 Å². The van der Waals surface area contributed by atoms with Crippen LogP contribution in [0.1, 0.15) is 415 Å². The Morgan fingerprint density at radius 1 is 0.380 bits per heavy atom. The Hall–Kier alpha value is -7.34. The van der Waals surface area contributed by atoms with Crippen LogP contribution in [0.2, 0.25) is 0 Å². The molecule has 10 aromatic rings. The van der Waals surface area contributed by atoms with Gasteiger partial charge in [-0.2, -0.15) is 29.0 Å². The zero-order chi connectivity index (χ0) is 84.7. The monoisotopic (exact) mass is 1710 g/mol. The number of carbonyl (C=O) groups is 2. The molecule has 0 fully saturated rings. The van der Waals surface area contributed by atoms with E-state index in [0.29, 0.717) is 56.4 Å². The summed E-state index contributed by atoms with van der Waals surface area (Å²) in [6, 6.07) is 19.6. The number of rotatable bonds is 58. The second-order valence-corrected chi connectivity index (χ2v) is 40.4. The van der Waals surface area contributed by atoms with Crippen molar-refractivity contribution in [1.82, 2.24) is 17.9 Å². The van der Waals surface area contributed by atoms with Crippen molar-refractivity contribution in [2.45, 2.75) is 389 Å². The van der Waals surface area contributed by atoms with Crippen LogP contribution in [0.15, 0.2) is 71.1 Å². The first-order chi connectivity index (χ1) is 59.6. The quantitative estimate of drug-likeness (QED) is 0.0162. The number of allylic oxidation sites excluding steroid dienone is 5. The predicted octanol–water partition coefficient (Wildman–Crippen LogP) is 35.3. The molecule has 3 aromatic carbocycles. The molecule has 0 amide bonds. The van der Waals surface area contributed by atoms with E-state index in [1.807, 2.05) is 93.9 Å². The van der Waals surface area contributed by atoms with Crippen molar-refractivity contribution < 1.29 is 9.59 Å². The number of fused-ring (bicyclic) bond motifs is 16. The van der Waals surface area contributed by atoms with Crippen LogP contribution in [0.25, 0.3) is 105 Å². The Balaban J connectivity index is 1.14. The highest BCUT2D eigenvalue weighted by atomic mass is 32.1. The minimum atomic E-state index is -0.136. The van der Waals surface area contributed by atoms with Crippen LogP contribution in [0.4, 0.5) is 0 Å². The average Bonchev–Trinajstić information content (AvgIpc) is 1.50. The minimum absolute atomic E-state index is 0.0327. The largest absolute Gasteiger partial charge is 0.528 e. The van der Waals surface area contributed by atoms with Gasteiger partial charge in [-0.15, -0.1) is 45.3 Å². The normalized spacial score (nSPS) is 14.1. The number of nitrogens with zero attached hydrogens (tertiary/aromatic N) is 8. The van der Waals surface area contributed by atoms with Crippen LogP contribution in [-0.2, 0) is 25.9 Å². The number of nitriles is 2. The molecule has 121 heavy (non-hydrogen) atoms. The molecule has 7 aromatic heterocycles. The molecular formula is C106H138N8O2S5. The molecule has 0 saturated heterocycles. The van der Waals surface area contributed by atoms with Crippen LogP contribution >= 0.6 is 57.1 Å². The zero-order valence-electron chi connectivity index (χ0n) is 74.5. The maximum atomic E-state index is 15.2. The Kier molecular flexibility index (Phi) is 37.4. The summed E-state index contributed by atoms with van der Waals surface area (Å²) in [6.45, 7) is 32.4. The Morgan fingerprint density at radius 3 is 1.00 bits per heavy atom. The van der Waals surface area contributed by atoms with E-state index in [-0.39, 0.29) is 23.0 Å². The number of hydrogen-bond acceptors (Lipinski definition) is 11. The summed E-state index contributed by atoms with van der Waals surface area (Å²) >= 11 is 8.91. The van der Waals surface area contributed by atoms with Gasteiger partial charge in [0.05, 0.1) is 67.6 Å². The Bertz CT molecular complexity index is 5040. The predicted molar refractivity (Wildman–Crippen MR) is 525 cm³/mol. The van der Waals surface area contributed by atoms with Gasteiger partial charge >= 0.3 is 5.82 Å². The molecule has 2 atom stereocenters. The molecule has 0 N–H and O–H groups in total. The summed E-state index contributed by atoms with van der Waals surface area (Å²) in [5, 5.41) is 23.9. The molecule has 2 unspecified atom stereocenters. The first-order valence-electron chi connectivity index (χ1n) is 48.4. The van der Waals surface area contributed by atoms with Crippen LogP contribution in [0.3, 0.4) is 0 Å². The lowest BCUT2D eigenvalue weighted by Crippen LogP contribution is -2.14. The van der Waals surface area contributed by atoms with E-state index in [1.165, 1.54) is 354 Å². The van der Waals surface area contributed by atoms with Crippen molar-refractivity contribution in [2.75, 3.05) is 0 Å². The second kappa shape index (κ2) is 48.8. The molecule has 644 valence electrons. The molecule has 0 radical (unpaired) electrons. The van der Waals surface area contributed by atoms with Crippen molar-refractivity contribution in [3.05, 3.63) is 137 Å². The molecule has 0 saturated carbocycles. The fraction of sp³-hybridized carbons (Fsp3) is 0.585. The number of unbranched alkanes of at least 4 members (excludes halogenated alkanes) is 40. The van der Waals surface area contributed by atoms with E-state index in [0.717, 1.165) is 98.1 Å². The van der Waals surface area contributed by atoms with E-state index in [4.69, 9.17) is 21.9 Å². The van der Waals surface area contributed by atoms with Crippen LogP contribution < -0.4 is 0 Å². The number of Topliss-reactive ketones (excluding diaryl/α,β-unsaturated/α-hetero) is 2. The van der Waals surface area contributed by atoms with Gasteiger partial charge < -0.3 is 9.13 Å². The molecule has 15 heteroatoms. The van der Waals surface area contributed by atoms with Gasteiger partial charge in [0.2, 0.25) is 0 Å². The van der Waals surface area contributed by atoms with E-state index < -0.39 is 0 Å². The fourth-order valence-electron chi connectivity index (χ4n) is 19.9. The third kappa shape index (κ3) is 22.7. The topological polar surface area (TPSA) is 126 Å². The van der Waals surface area contributed by atoms with Gasteiger partial charge in [0, 0.05) is 61.5 Å². The summed E-state index contributed by atoms with van der Waals surface area (Å²) < 4.78 is 24.6. The first-order valence-corrected chi connectivity index (χ1v) is 52.4. The number of ketones is 2. The summed E-state index contributed by atoms with van der Waals surface area (Å²) in [7, 11) is 0. The number of aromatic nitrogens is 4. The van der Waals surface area contributed by atoms with Crippen LogP contribution in [0, 0.1) is 47.6 Å². The summed E-state index contributed by atoms with van der Waals surface area (Å²) in [5.41, 5.74) is 13.8. The fourth-order valence-corrected chi connectivity index (χ4v) is 26.4. The molecule has 0 bridgehead atoms. The van der Waals surface area contributed by atoms with E-state index >= 15 is 9.59 Å². The van der Waals surface area contributed by atoms with Gasteiger partial charge in [0.15, 0.2) is 11.6 Å². The van der Waals surface area contributed by atoms with E-state index in [2.05, 4.69) is 84.7 Å². The Labute approximate surface area is 745 Å². The van der Waals surface area contributed by atoms with Crippen molar-refractivity contribution in [2.24, 2.45) is 11.8 Å². The third-order valence-electron chi connectivity index (χ3n) is 26.6. The molecule has 10 nitrogen and oxygen atoms in total. The molecule has 12 rings (SSSR count). The van der Waals surface area contributed by atoms with Crippen LogP contribution in [-0.4, -0.2) is 29.4 Å². The van der Waals surface area contributed by atoms with Crippen molar-refractivity contribution in [3.8, 4) is 12.1 Å². The number of aryl methyl sites for hydroxylation is 2. The first kappa shape index (κ1) is 92.8. The summed E-state index contributed by atoms with van der Waals surface area (Å²) in [5.74, 6) is 0.496. The SMILES string of the molecule is [C-]#[N+]C([N+]#[C-])=C1/C(=C/c2sc3c(sc4c5c6nsnc6c6c7sc8c(CCCCCCCCCCC)c(/C=C9\C(=O)c%10ccccc%10C9=C(C#N)C#N)sc8c7n(CC(CCCCCCCC)CCCCCCCCCC)c6c5n(CC(CCCCCCCC)CCCCCCCCCC)c34)c2CCCCCCCCCCC)C(=O)c2ccccc21. The van der Waals surface area contributed by atoms with Gasteiger partial charge in [-0.05, 0) is 97.6 Å². The standard InChI is InChI=1S/C106H138N8O2S5/c1-9-15-21-27-33-37-41-47-53-67-82-86(69-84-88(77(71-107)72-108)78-63-55-57-65-80(78)98(84)115)117-104-96-102(119-100(82)104)90-92-93(112-121-111-92)91-95(94(90)113(96)73-75(59-49-43-31-25-19-13-5)61-51-45-39-35-29-23-17-11-3)114(74-76(60-50-44-32-26-20-14-6)62-52-46-40-36-30-24-18-12-4)97-103(91)120-101-83(68-54-48-42-38-34-28-22-16-10-2)87(118-105(97)101)70-85-89(106(109-7)110-8)79-64-56-58-66-81(79)99(85)116/h55-58,63-66,69-70,75-76H,9-54,59-62,67-68,73-74H2,1-6H3/b84-69-,85-70-. The summed E-state index contributed by atoms with van der Waals surface area (Å²) in [4.78, 5) is 40.1. The lowest BCUT2D eigenvalue weighted by atomic mass is 9.93. The summed E-state index contributed by atoms with van der Waals surface area (Å²) in [6.07, 6.45) is 68.0. The lowest BCUT2D eigenvalue weighted by Gasteiger charge is -2.22. The van der Waals surface area contributed by atoms with Crippen molar-refractivity contribution in [1.29, 1.82) is 10.5 Å². The van der Waals surface area contributed by atoms with E-state index in [9.17, 15) is 10.5 Å². The molecule has 2 aliphatic rings. The number of benzene rings is 3. The van der Waals surface area contributed by atoms with Gasteiger partial charge in [-0.25, -0.2) is 0 Å². The van der Waals surface area contributed by atoms with Gasteiger partial charge in [0.1, 0.15) is 41.9 Å². The smallest absolute Gasteiger partial charge is 0.337 e. The highest BCUT2D eigenvalue weighted by Gasteiger charge is 2.39. The molecule has 0 aliphatic heterocycles. The Morgan fingerprint density at radius 2 is 0.678 bits per heavy atom. The van der Waals surface area contributed by atoms with Crippen LogP contribution in [0.5, 0.6) is 0 Å². The molecular weight excluding hydrogens is 1580 g/mol. The van der Waals surface area contributed by atoms with Crippen molar-refractivity contribution in [3.63, 3.8) is 0 Å². The molecule has 0 spiro atoms. The van der Waals surface area contributed by atoms with E-state index in [1.54, 1.807) is 0 Å². The lowest BCUT2D eigenvalue weighted by molar-refractivity contribution is 0.103. The average molecular weight is 1720 g/mol. The third-order valence-corrected chi connectivity index (χ3v) is 32.3. The number of hydrogen-bond donors (Lipinski definition) is 0. The zero-order valence-corrected chi connectivity index (χ0v) is 78.6. The maximum Gasteiger partial charge on any atom is 0.528 e. The van der Waals surface area contributed by atoms with Gasteiger partial charge in [0.25, 0.3) is 0 Å². The molecule has 7 heterocycles. The van der Waals surface area contributed by atoms with Crippen molar-refractivity contribution >= 4 is 164 Å². The second-order valence-electron chi connectivity index (χ2n) is 35.7. The highest BCUT2D eigenvalue weighted by molar-refractivity contribution is 7.34. The highest BCUT2D eigenvalue weighted by Crippen LogP contribution is 2.57. The maximum absolute atomic E-state index is 15.2. The minimum Gasteiger partial charge on any atom is -0.337 e. The number of carbonyl (C=O) groups excluding carboxylic acids is 2. The van der Waals surface area contributed by atoms with Gasteiger partial charge in [-0.3, -0.25) is 9.59 Å². The molecule has 2 aliphatic carbocycles. The number of thiophene rings is 4.